The van der Waals surface area contributed by atoms with E-state index in [0.717, 1.165) is 6.54 Å². The fraction of sp³-hybridized carbons (Fsp3) is 0.250. The van der Waals surface area contributed by atoms with Crippen LogP contribution in [0.3, 0.4) is 0 Å². The molecule has 15 heavy (non-hydrogen) atoms. The molecule has 7 heteroatoms. The maximum Gasteiger partial charge on any atom is 0.316 e. The molecule has 7 nitrogen and oxygen atoms in total. The van der Waals surface area contributed by atoms with Crippen molar-refractivity contribution in [2.24, 2.45) is 4.99 Å². The summed E-state index contributed by atoms with van der Waals surface area (Å²) in [5, 5.41) is 8.58. The van der Waals surface area contributed by atoms with E-state index in [1.165, 1.54) is 0 Å². The Hall–Kier alpha value is -2.18. The summed E-state index contributed by atoms with van der Waals surface area (Å²) in [7, 11) is 0. The molecule has 0 unspecified atom stereocenters. The van der Waals surface area contributed by atoms with Gasteiger partial charge in [0.1, 0.15) is 5.69 Å². The number of carbonyl (C=O) groups is 2. The zero-order valence-corrected chi connectivity index (χ0v) is 8.02. The first-order valence-corrected chi connectivity index (χ1v) is 4.42. The number of hydrogen-bond acceptors (Lipinski definition) is 4. The van der Waals surface area contributed by atoms with Gasteiger partial charge in [0, 0.05) is 6.54 Å². The average Bonchev–Trinajstić information content (AvgIpc) is 2.76. The highest BCUT2D eigenvalue weighted by atomic mass is 16.2. The highest BCUT2D eigenvalue weighted by Gasteiger charge is 2.25. The molecular formula is C8H9N5O2. The van der Waals surface area contributed by atoms with Gasteiger partial charge in [0.05, 0.1) is 12.4 Å². The summed E-state index contributed by atoms with van der Waals surface area (Å²) in [5.74, 6) is -1.26. The molecule has 0 atom stereocenters. The van der Waals surface area contributed by atoms with Crippen molar-refractivity contribution >= 4 is 23.5 Å². The Kier molecular flexibility index (Phi) is 2.20. The summed E-state index contributed by atoms with van der Waals surface area (Å²) >= 11 is 0. The number of nitrogens with one attached hydrogen (secondary N) is 2. The Labute approximate surface area is 85.2 Å². The monoisotopic (exact) mass is 207 g/mol. The van der Waals surface area contributed by atoms with Crippen LogP contribution < -0.4 is 10.6 Å². The maximum absolute atomic E-state index is 10.8. The van der Waals surface area contributed by atoms with Gasteiger partial charge in [0.2, 0.25) is 5.96 Å². The number of nitrogens with zero attached hydrogens (tertiary/aromatic N) is 3. The molecule has 0 aromatic carbocycles. The number of carbonyl (C=O) groups excluding carboxylic acids is 2. The highest BCUT2D eigenvalue weighted by Crippen LogP contribution is 2.09. The first-order valence-electron chi connectivity index (χ1n) is 4.42. The van der Waals surface area contributed by atoms with E-state index in [9.17, 15) is 9.59 Å². The van der Waals surface area contributed by atoms with Crippen molar-refractivity contribution in [1.29, 1.82) is 0 Å². The molecule has 0 bridgehead atoms. The van der Waals surface area contributed by atoms with Crippen molar-refractivity contribution in [2.75, 3.05) is 0 Å². The summed E-state index contributed by atoms with van der Waals surface area (Å²) in [4.78, 5) is 25.6. The lowest BCUT2D eigenvalue weighted by molar-refractivity contribution is -0.135. The van der Waals surface area contributed by atoms with Crippen LogP contribution in [0.5, 0.6) is 0 Å². The molecule has 2 heterocycles. The second-order valence-electron chi connectivity index (χ2n) is 2.92. The topological polar surface area (TPSA) is 88.4 Å². The summed E-state index contributed by atoms with van der Waals surface area (Å²) in [6, 6.07) is 0. The Morgan fingerprint density at radius 1 is 1.40 bits per heavy atom. The van der Waals surface area contributed by atoms with E-state index < -0.39 is 11.8 Å². The summed E-state index contributed by atoms with van der Waals surface area (Å²) in [6.07, 6.45) is 3.26. The van der Waals surface area contributed by atoms with Crippen LogP contribution in [0.2, 0.25) is 0 Å². The standard InChI is InChI=1S/C8H9N5O2/c1-2-13-4-5(3-9-13)10-8-11-6(14)7(15)12-8/h3-4H,2H2,1H3,(H2,10,11,12,14,15). The molecule has 0 saturated carbocycles. The van der Waals surface area contributed by atoms with Crippen molar-refractivity contribution in [3.63, 3.8) is 0 Å². The van der Waals surface area contributed by atoms with Gasteiger partial charge in [-0.3, -0.25) is 24.9 Å². The van der Waals surface area contributed by atoms with E-state index in [0.29, 0.717) is 5.69 Å². The van der Waals surface area contributed by atoms with Crippen molar-refractivity contribution < 1.29 is 9.59 Å². The summed E-state index contributed by atoms with van der Waals surface area (Å²) < 4.78 is 1.69. The minimum absolute atomic E-state index is 0.139. The number of guanidine groups is 1. The zero-order chi connectivity index (χ0) is 10.8. The third-order valence-corrected chi connectivity index (χ3v) is 1.85. The Bertz CT molecular complexity index is 430. The van der Waals surface area contributed by atoms with Gasteiger partial charge in [0.15, 0.2) is 0 Å². The average molecular weight is 207 g/mol. The van der Waals surface area contributed by atoms with Crippen molar-refractivity contribution in [3.8, 4) is 0 Å². The molecule has 1 aromatic rings. The van der Waals surface area contributed by atoms with Crippen LogP contribution in [0, 0.1) is 0 Å². The first kappa shape index (κ1) is 9.38. The van der Waals surface area contributed by atoms with Gasteiger partial charge in [0.25, 0.3) is 0 Å². The molecule has 2 rings (SSSR count). The second-order valence-corrected chi connectivity index (χ2v) is 2.92. The lowest BCUT2D eigenvalue weighted by Gasteiger charge is -1.92. The normalized spacial score (nSPS) is 15.1. The minimum Gasteiger partial charge on any atom is -0.288 e. The summed E-state index contributed by atoms with van der Waals surface area (Å²) in [6.45, 7) is 2.69. The molecule has 0 aliphatic carbocycles. The van der Waals surface area contributed by atoms with Crippen LogP contribution in [-0.4, -0.2) is 27.6 Å². The molecule has 1 saturated heterocycles. The third-order valence-electron chi connectivity index (χ3n) is 1.85. The van der Waals surface area contributed by atoms with E-state index >= 15 is 0 Å². The van der Waals surface area contributed by atoms with Crippen LogP contribution in [0.25, 0.3) is 0 Å². The number of hydrogen-bond donors (Lipinski definition) is 2. The molecule has 1 aliphatic rings. The predicted molar refractivity (Wildman–Crippen MR) is 51.3 cm³/mol. The van der Waals surface area contributed by atoms with Gasteiger partial charge in [-0.2, -0.15) is 5.10 Å². The Morgan fingerprint density at radius 3 is 2.60 bits per heavy atom. The molecule has 2 N–H and O–H groups in total. The van der Waals surface area contributed by atoms with Crippen LogP contribution >= 0.6 is 0 Å². The number of rotatable bonds is 2. The van der Waals surface area contributed by atoms with Crippen LogP contribution in [0.1, 0.15) is 6.92 Å². The van der Waals surface area contributed by atoms with Gasteiger partial charge in [-0.05, 0) is 6.92 Å². The summed E-state index contributed by atoms with van der Waals surface area (Å²) in [5.41, 5.74) is 0.578. The fourth-order valence-corrected chi connectivity index (χ4v) is 1.13. The predicted octanol–water partition coefficient (Wildman–Crippen LogP) is -0.864. The van der Waals surface area contributed by atoms with Gasteiger partial charge < -0.3 is 0 Å². The molecule has 0 spiro atoms. The second kappa shape index (κ2) is 3.52. The van der Waals surface area contributed by atoms with Crippen LogP contribution in [0.15, 0.2) is 17.4 Å². The van der Waals surface area contributed by atoms with Gasteiger partial charge in [-0.25, -0.2) is 4.99 Å². The first-order chi connectivity index (χ1) is 7.19. The Morgan fingerprint density at radius 2 is 2.07 bits per heavy atom. The largest absolute Gasteiger partial charge is 0.316 e. The molecular weight excluding hydrogens is 198 g/mol. The SMILES string of the molecule is CCn1cc(N=C2NC(=O)C(=O)N2)cn1. The van der Waals surface area contributed by atoms with Crippen LogP contribution in [0.4, 0.5) is 5.69 Å². The van der Waals surface area contributed by atoms with E-state index in [4.69, 9.17) is 0 Å². The smallest absolute Gasteiger partial charge is 0.288 e. The number of amides is 2. The minimum atomic E-state index is -0.698. The molecule has 1 aromatic heterocycles. The molecule has 2 amide bonds. The van der Waals surface area contributed by atoms with E-state index in [2.05, 4.69) is 20.7 Å². The third kappa shape index (κ3) is 1.85. The van der Waals surface area contributed by atoms with E-state index in [1.54, 1.807) is 17.1 Å². The van der Waals surface area contributed by atoms with E-state index in [1.807, 2.05) is 6.92 Å². The van der Waals surface area contributed by atoms with Crippen molar-refractivity contribution in [1.82, 2.24) is 20.4 Å². The van der Waals surface area contributed by atoms with Crippen molar-refractivity contribution in [3.05, 3.63) is 12.4 Å². The molecule has 78 valence electrons. The highest BCUT2D eigenvalue weighted by molar-refractivity contribution is 6.45. The fourth-order valence-electron chi connectivity index (χ4n) is 1.13. The lowest BCUT2D eigenvalue weighted by atomic mass is 10.6. The zero-order valence-electron chi connectivity index (χ0n) is 8.02. The van der Waals surface area contributed by atoms with Gasteiger partial charge in [-0.15, -0.1) is 0 Å². The van der Waals surface area contributed by atoms with Gasteiger partial charge >= 0.3 is 11.8 Å². The molecule has 0 radical (unpaired) electrons. The maximum atomic E-state index is 10.8. The quantitative estimate of drug-likeness (QED) is 0.618. The molecule has 1 fully saturated rings. The number of aliphatic imine (C=N–C) groups is 1. The van der Waals surface area contributed by atoms with Crippen LogP contribution in [-0.2, 0) is 16.1 Å². The number of aryl methyl sites for hydroxylation is 1. The number of aromatic nitrogens is 2. The molecule has 1 aliphatic heterocycles. The lowest BCUT2D eigenvalue weighted by Crippen LogP contribution is -2.24. The van der Waals surface area contributed by atoms with Crippen molar-refractivity contribution in [2.45, 2.75) is 13.5 Å². The Balaban J connectivity index is 2.17. The van der Waals surface area contributed by atoms with Gasteiger partial charge in [-0.1, -0.05) is 0 Å². The van der Waals surface area contributed by atoms with E-state index in [-0.39, 0.29) is 5.96 Å².